The van der Waals surface area contributed by atoms with Gasteiger partial charge in [0.1, 0.15) is 11.2 Å². The van der Waals surface area contributed by atoms with E-state index in [0.717, 1.165) is 50.1 Å². The number of nitrogens with zero attached hydrogens (tertiary/aromatic N) is 1. The molecule has 234 valence electrons. The van der Waals surface area contributed by atoms with E-state index in [2.05, 4.69) is 181 Å². The second kappa shape index (κ2) is 11.5. The average molecular weight is 638 g/mol. The highest BCUT2D eigenvalue weighted by Gasteiger charge is 2.16. The lowest BCUT2D eigenvalue weighted by molar-refractivity contribution is 0.669. The van der Waals surface area contributed by atoms with Gasteiger partial charge in [0, 0.05) is 27.8 Å². The predicted octanol–water partition coefficient (Wildman–Crippen LogP) is 13.8. The van der Waals surface area contributed by atoms with E-state index in [1.807, 2.05) is 12.1 Å². The summed E-state index contributed by atoms with van der Waals surface area (Å²) in [6.45, 7) is 0. The number of anilines is 3. The molecule has 0 saturated carbocycles. The summed E-state index contributed by atoms with van der Waals surface area (Å²) in [6.07, 6.45) is 0. The van der Waals surface area contributed by atoms with Crippen LogP contribution < -0.4 is 4.90 Å². The van der Waals surface area contributed by atoms with Crippen LogP contribution in [-0.4, -0.2) is 0 Å². The Balaban J connectivity index is 1.08. The molecule has 0 amide bonds. The molecule has 0 atom stereocenters. The van der Waals surface area contributed by atoms with Crippen LogP contribution in [0.3, 0.4) is 0 Å². The van der Waals surface area contributed by atoms with Crippen molar-refractivity contribution < 1.29 is 4.42 Å². The normalized spacial score (nSPS) is 11.6. The predicted molar refractivity (Wildman–Crippen MR) is 212 cm³/mol. The van der Waals surface area contributed by atoms with Crippen molar-refractivity contribution in [3.63, 3.8) is 0 Å². The van der Waals surface area contributed by atoms with E-state index >= 15 is 0 Å². The number of fused-ring (bicyclic) bond motifs is 8. The summed E-state index contributed by atoms with van der Waals surface area (Å²) in [7, 11) is 0. The number of hydrogen-bond donors (Lipinski definition) is 0. The number of furan rings is 1. The van der Waals surface area contributed by atoms with Crippen LogP contribution in [0, 0.1) is 0 Å². The van der Waals surface area contributed by atoms with E-state index in [-0.39, 0.29) is 0 Å². The van der Waals surface area contributed by atoms with Crippen molar-refractivity contribution in [3.8, 4) is 22.3 Å². The summed E-state index contributed by atoms with van der Waals surface area (Å²) in [5.74, 6) is 0. The molecule has 0 unspecified atom stereocenters. The lowest BCUT2D eigenvalue weighted by Crippen LogP contribution is -2.09. The van der Waals surface area contributed by atoms with Gasteiger partial charge in [0.05, 0.1) is 0 Å². The quantitative estimate of drug-likeness (QED) is 0.175. The van der Waals surface area contributed by atoms with E-state index < -0.39 is 0 Å². The monoisotopic (exact) mass is 637 g/mol. The first-order valence-electron chi connectivity index (χ1n) is 17.1. The maximum atomic E-state index is 6.23. The van der Waals surface area contributed by atoms with Crippen LogP contribution in [0.1, 0.15) is 0 Å². The van der Waals surface area contributed by atoms with Gasteiger partial charge in [0.15, 0.2) is 0 Å². The molecule has 1 heterocycles. The first-order valence-corrected chi connectivity index (χ1v) is 17.1. The first-order chi connectivity index (χ1) is 24.8. The maximum absolute atomic E-state index is 6.23. The van der Waals surface area contributed by atoms with Crippen LogP contribution >= 0.6 is 0 Å². The molecule has 50 heavy (non-hydrogen) atoms. The van der Waals surface area contributed by atoms with Crippen molar-refractivity contribution in [3.05, 3.63) is 188 Å². The van der Waals surface area contributed by atoms with Crippen molar-refractivity contribution in [2.24, 2.45) is 0 Å². The van der Waals surface area contributed by atoms with Gasteiger partial charge in [0.2, 0.25) is 0 Å². The largest absolute Gasteiger partial charge is 0.456 e. The fourth-order valence-electron chi connectivity index (χ4n) is 7.66. The van der Waals surface area contributed by atoms with Crippen LogP contribution in [-0.2, 0) is 0 Å². The Kier molecular flexibility index (Phi) is 6.53. The summed E-state index contributed by atoms with van der Waals surface area (Å²) in [6, 6.07) is 67.5. The van der Waals surface area contributed by atoms with Crippen molar-refractivity contribution in [2.45, 2.75) is 0 Å². The molecule has 0 aliphatic carbocycles. The van der Waals surface area contributed by atoms with Gasteiger partial charge in [-0.3, -0.25) is 0 Å². The molecule has 0 fully saturated rings. The zero-order valence-corrected chi connectivity index (χ0v) is 27.3. The Hall–Kier alpha value is -6.64. The van der Waals surface area contributed by atoms with Gasteiger partial charge >= 0.3 is 0 Å². The lowest BCUT2D eigenvalue weighted by atomic mass is 9.94. The number of hydrogen-bond acceptors (Lipinski definition) is 2. The highest BCUT2D eigenvalue weighted by molar-refractivity contribution is 6.20. The molecular weight excluding hydrogens is 607 g/mol. The Morgan fingerprint density at radius 1 is 0.320 bits per heavy atom. The van der Waals surface area contributed by atoms with Gasteiger partial charge in [-0.2, -0.15) is 0 Å². The average Bonchev–Trinajstić information content (AvgIpc) is 3.57. The van der Waals surface area contributed by atoms with E-state index in [1.54, 1.807) is 0 Å². The second-order valence-corrected chi connectivity index (χ2v) is 12.9. The van der Waals surface area contributed by atoms with Crippen molar-refractivity contribution in [1.82, 2.24) is 0 Å². The molecular formula is C48H31NO. The van der Waals surface area contributed by atoms with Gasteiger partial charge in [-0.25, -0.2) is 0 Å². The van der Waals surface area contributed by atoms with Crippen LogP contribution in [0.5, 0.6) is 0 Å². The lowest BCUT2D eigenvalue weighted by Gasteiger charge is -2.26. The molecule has 0 aliphatic heterocycles. The van der Waals surface area contributed by atoms with Gasteiger partial charge in [-0.05, 0) is 109 Å². The summed E-state index contributed by atoms with van der Waals surface area (Å²) >= 11 is 0. The number of para-hydroxylation sites is 2. The van der Waals surface area contributed by atoms with E-state index in [1.165, 1.54) is 43.4 Å². The number of rotatable bonds is 5. The first kappa shape index (κ1) is 28.4. The summed E-state index contributed by atoms with van der Waals surface area (Å²) < 4.78 is 6.23. The molecule has 10 aromatic rings. The Morgan fingerprint density at radius 3 is 1.80 bits per heavy atom. The fourth-order valence-corrected chi connectivity index (χ4v) is 7.66. The summed E-state index contributed by atoms with van der Waals surface area (Å²) in [5, 5.41) is 9.95. The third kappa shape index (κ3) is 4.65. The zero-order valence-electron chi connectivity index (χ0n) is 27.3. The molecule has 0 aliphatic rings. The SMILES string of the molecule is c1ccc(N(c2ccc(-c3ccc4ccc5ccc6ccccc6c5c4c3)cc2)c2cccc(-c3cccc4oc5ccccc5c34)c2)cc1. The van der Waals surface area contributed by atoms with Gasteiger partial charge in [-0.15, -0.1) is 0 Å². The van der Waals surface area contributed by atoms with E-state index in [9.17, 15) is 0 Å². The van der Waals surface area contributed by atoms with Crippen molar-refractivity contribution in [1.29, 1.82) is 0 Å². The highest BCUT2D eigenvalue weighted by atomic mass is 16.3. The highest BCUT2D eigenvalue weighted by Crippen LogP contribution is 2.41. The van der Waals surface area contributed by atoms with E-state index in [0.29, 0.717) is 0 Å². The van der Waals surface area contributed by atoms with Crippen molar-refractivity contribution in [2.75, 3.05) is 4.90 Å². The topological polar surface area (TPSA) is 16.4 Å². The van der Waals surface area contributed by atoms with Gasteiger partial charge in [0.25, 0.3) is 0 Å². The molecule has 0 bridgehead atoms. The zero-order chi connectivity index (χ0) is 33.0. The van der Waals surface area contributed by atoms with Crippen LogP contribution in [0.15, 0.2) is 192 Å². The number of benzene rings is 9. The van der Waals surface area contributed by atoms with Crippen LogP contribution in [0.25, 0.3) is 76.5 Å². The minimum absolute atomic E-state index is 0.902. The molecule has 0 N–H and O–H groups in total. The van der Waals surface area contributed by atoms with Crippen molar-refractivity contribution >= 4 is 71.3 Å². The molecule has 0 radical (unpaired) electrons. The molecule has 9 aromatic carbocycles. The third-order valence-electron chi connectivity index (χ3n) is 10.0. The maximum Gasteiger partial charge on any atom is 0.136 e. The fraction of sp³-hybridized carbons (Fsp3) is 0. The smallest absolute Gasteiger partial charge is 0.136 e. The summed E-state index contributed by atoms with van der Waals surface area (Å²) in [4.78, 5) is 2.33. The second-order valence-electron chi connectivity index (χ2n) is 12.9. The Bertz CT molecular complexity index is 2860. The standard InChI is InChI=1S/C48H31NO/c1-2-12-38(13-3-1)49(40-14-8-11-37(30-40)42-17-9-19-46-48(42)43-16-6-7-18-45(43)50-46)39-28-26-32(27-29-39)36-25-22-34-21-24-35-23-20-33-10-4-5-15-41(33)47(35)44(34)31-36/h1-31H. The molecule has 2 nitrogen and oxygen atoms in total. The summed E-state index contributed by atoms with van der Waals surface area (Å²) in [5.41, 5.74) is 9.81. The molecule has 2 heteroatoms. The van der Waals surface area contributed by atoms with Gasteiger partial charge in [-0.1, -0.05) is 133 Å². The molecule has 0 saturated heterocycles. The third-order valence-corrected chi connectivity index (χ3v) is 10.0. The van der Waals surface area contributed by atoms with E-state index in [4.69, 9.17) is 4.42 Å². The minimum Gasteiger partial charge on any atom is -0.456 e. The Morgan fingerprint density at radius 2 is 0.940 bits per heavy atom. The molecule has 1 aromatic heterocycles. The van der Waals surface area contributed by atoms with Gasteiger partial charge < -0.3 is 9.32 Å². The van der Waals surface area contributed by atoms with Crippen LogP contribution in [0.4, 0.5) is 17.1 Å². The minimum atomic E-state index is 0.902. The molecule has 0 spiro atoms. The van der Waals surface area contributed by atoms with Crippen LogP contribution in [0.2, 0.25) is 0 Å². The Labute approximate surface area is 290 Å². The molecule has 10 rings (SSSR count).